The molecule has 0 bridgehead atoms. The zero-order chi connectivity index (χ0) is 15.6. The Bertz CT molecular complexity index is 599. The van der Waals surface area contributed by atoms with E-state index in [1.54, 1.807) is 13.0 Å². The Morgan fingerprint density at radius 1 is 1.33 bits per heavy atom. The first-order valence-corrected chi connectivity index (χ1v) is 6.67. The van der Waals surface area contributed by atoms with E-state index in [2.05, 4.69) is 5.32 Å². The van der Waals surface area contributed by atoms with Gasteiger partial charge in [-0.1, -0.05) is 0 Å². The van der Waals surface area contributed by atoms with Crippen LogP contribution in [0.15, 0.2) is 18.2 Å². The Hall–Kier alpha value is -2.44. The first-order chi connectivity index (χ1) is 9.88. The number of carboxylic acid groups (broad SMARTS) is 1. The molecule has 0 radical (unpaired) electrons. The summed E-state index contributed by atoms with van der Waals surface area (Å²) < 4.78 is 0. The Kier molecular flexibility index (Phi) is 4.21. The Balaban J connectivity index is 2.02. The molecule has 112 valence electrons. The van der Waals surface area contributed by atoms with Crippen LogP contribution >= 0.6 is 0 Å². The number of aryl methyl sites for hydroxylation is 1. The summed E-state index contributed by atoms with van der Waals surface area (Å²) in [6, 6.07) is 4.37. The number of nitrogens with zero attached hydrogens (tertiary/aromatic N) is 1. The van der Waals surface area contributed by atoms with E-state index >= 15 is 0 Å². The summed E-state index contributed by atoms with van der Waals surface area (Å²) in [5.41, 5.74) is 0.953. The van der Waals surface area contributed by atoms with Gasteiger partial charge in [-0.25, -0.2) is 0 Å². The van der Waals surface area contributed by atoms with Crippen LogP contribution in [0.25, 0.3) is 0 Å². The number of rotatable bonds is 4. The van der Waals surface area contributed by atoms with E-state index in [-0.39, 0.29) is 17.5 Å². The fourth-order valence-corrected chi connectivity index (χ4v) is 2.63. The number of carbonyl (C=O) groups excluding carboxylic acids is 1. The molecule has 0 saturated heterocycles. The molecule has 0 spiro atoms. The number of nitrogens with one attached hydrogen (secondary N) is 1. The molecule has 2 rings (SSSR count). The number of anilines is 1. The molecule has 1 aliphatic carbocycles. The normalized spacial score (nSPS) is 21.0. The average molecular weight is 292 g/mol. The predicted octanol–water partition coefficient (Wildman–Crippen LogP) is 2.34. The molecular weight excluding hydrogens is 276 g/mol. The Labute approximate surface area is 121 Å². The van der Waals surface area contributed by atoms with Gasteiger partial charge in [-0.15, -0.1) is 0 Å². The molecular formula is C14H16N2O5. The van der Waals surface area contributed by atoms with Crippen LogP contribution in [0.3, 0.4) is 0 Å². The largest absolute Gasteiger partial charge is 0.481 e. The molecule has 0 heterocycles. The molecule has 0 aromatic heterocycles. The average Bonchev–Trinajstić information content (AvgIpc) is 2.88. The van der Waals surface area contributed by atoms with Gasteiger partial charge in [0.05, 0.1) is 10.8 Å². The number of aliphatic carboxylic acids is 1. The summed E-state index contributed by atoms with van der Waals surface area (Å²) >= 11 is 0. The van der Waals surface area contributed by atoms with Crippen molar-refractivity contribution in [3.63, 3.8) is 0 Å². The second-order valence-electron chi connectivity index (χ2n) is 5.29. The molecule has 1 aliphatic rings. The van der Waals surface area contributed by atoms with E-state index in [1.807, 2.05) is 0 Å². The van der Waals surface area contributed by atoms with Gasteiger partial charge < -0.3 is 10.4 Å². The minimum Gasteiger partial charge on any atom is -0.481 e. The van der Waals surface area contributed by atoms with Gasteiger partial charge >= 0.3 is 5.97 Å². The third-order valence-electron chi connectivity index (χ3n) is 3.81. The summed E-state index contributed by atoms with van der Waals surface area (Å²) in [5.74, 6) is -1.87. The number of carboxylic acids is 1. The van der Waals surface area contributed by atoms with E-state index in [4.69, 9.17) is 5.11 Å². The van der Waals surface area contributed by atoms with Crippen LogP contribution in [0.2, 0.25) is 0 Å². The molecule has 1 aromatic rings. The second kappa shape index (κ2) is 5.90. The molecule has 7 heteroatoms. The van der Waals surface area contributed by atoms with Crippen molar-refractivity contribution in [1.29, 1.82) is 0 Å². The highest BCUT2D eigenvalue weighted by Gasteiger charge is 2.33. The predicted molar refractivity (Wildman–Crippen MR) is 74.9 cm³/mol. The second-order valence-corrected chi connectivity index (χ2v) is 5.29. The van der Waals surface area contributed by atoms with E-state index < -0.39 is 16.8 Å². The fourth-order valence-electron chi connectivity index (χ4n) is 2.63. The van der Waals surface area contributed by atoms with Crippen molar-refractivity contribution in [2.45, 2.75) is 26.2 Å². The summed E-state index contributed by atoms with van der Waals surface area (Å²) in [6.45, 7) is 1.60. The maximum atomic E-state index is 12.1. The van der Waals surface area contributed by atoms with Gasteiger partial charge in [0.1, 0.15) is 0 Å². The quantitative estimate of drug-likeness (QED) is 0.653. The lowest BCUT2D eigenvalue weighted by Gasteiger charge is -2.11. The highest BCUT2D eigenvalue weighted by atomic mass is 16.6. The lowest BCUT2D eigenvalue weighted by molar-refractivity contribution is -0.385. The van der Waals surface area contributed by atoms with Crippen molar-refractivity contribution in [1.82, 2.24) is 0 Å². The van der Waals surface area contributed by atoms with Crippen LogP contribution in [0.1, 0.15) is 24.8 Å². The summed E-state index contributed by atoms with van der Waals surface area (Å²) in [7, 11) is 0. The molecule has 2 N–H and O–H groups in total. The smallest absolute Gasteiger partial charge is 0.306 e. The lowest BCUT2D eigenvalue weighted by Crippen LogP contribution is -2.21. The standard InChI is InChI=1S/C14H16N2O5/c1-8-6-11(4-5-12(8)16(20)21)15-13(17)9-2-3-10(7-9)14(18)19/h4-6,9-10H,2-3,7H2,1H3,(H,15,17)(H,18,19). The van der Waals surface area contributed by atoms with Gasteiger partial charge in [-0.05, 0) is 38.3 Å². The van der Waals surface area contributed by atoms with Gasteiger partial charge in [-0.2, -0.15) is 0 Å². The van der Waals surface area contributed by atoms with E-state index in [0.29, 0.717) is 30.5 Å². The van der Waals surface area contributed by atoms with Crippen LogP contribution in [-0.2, 0) is 9.59 Å². The van der Waals surface area contributed by atoms with Crippen LogP contribution in [0, 0.1) is 28.9 Å². The van der Waals surface area contributed by atoms with Crippen molar-refractivity contribution >= 4 is 23.3 Å². The van der Waals surface area contributed by atoms with Gasteiger partial charge in [0.2, 0.25) is 5.91 Å². The maximum absolute atomic E-state index is 12.1. The van der Waals surface area contributed by atoms with Gasteiger partial charge in [0.25, 0.3) is 5.69 Å². The Morgan fingerprint density at radius 2 is 2.00 bits per heavy atom. The van der Waals surface area contributed by atoms with Gasteiger partial charge in [0.15, 0.2) is 0 Å². The van der Waals surface area contributed by atoms with Crippen molar-refractivity contribution in [2.24, 2.45) is 11.8 Å². The molecule has 1 amide bonds. The van der Waals surface area contributed by atoms with Crippen molar-refractivity contribution in [3.8, 4) is 0 Å². The van der Waals surface area contributed by atoms with E-state index in [1.165, 1.54) is 12.1 Å². The van der Waals surface area contributed by atoms with Gasteiger partial charge in [-0.3, -0.25) is 19.7 Å². The van der Waals surface area contributed by atoms with Crippen LogP contribution < -0.4 is 5.32 Å². The van der Waals surface area contributed by atoms with E-state index in [0.717, 1.165) is 0 Å². The molecule has 2 atom stereocenters. The van der Waals surface area contributed by atoms with E-state index in [9.17, 15) is 19.7 Å². The number of amides is 1. The van der Waals surface area contributed by atoms with Crippen molar-refractivity contribution in [3.05, 3.63) is 33.9 Å². The molecule has 1 fully saturated rings. The number of hydrogen-bond acceptors (Lipinski definition) is 4. The lowest BCUT2D eigenvalue weighted by atomic mass is 10.0. The minimum atomic E-state index is -0.864. The summed E-state index contributed by atoms with van der Waals surface area (Å²) in [4.78, 5) is 33.2. The molecule has 1 aromatic carbocycles. The molecule has 1 saturated carbocycles. The molecule has 2 unspecified atom stereocenters. The van der Waals surface area contributed by atoms with Crippen LogP contribution in [0.5, 0.6) is 0 Å². The van der Waals surface area contributed by atoms with Crippen molar-refractivity contribution in [2.75, 3.05) is 5.32 Å². The number of hydrogen-bond donors (Lipinski definition) is 2. The van der Waals surface area contributed by atoms with Crippen LogP contribution in [-0.4, -0.2) is 21.9 Å². The Morgan fingerprint density at radius 3 is 2.52 bits per heavy atom. The number of nitro benzene ring substituents is 1. The topological polar surface area (TPSA) is 110 Å². The zero-order valence-electron chi connectivity index (χ0n) is 11.5. The minimum absolute atomic E-state index is 0.000179. The first-order valence-electron chi connectivity index (χ1n) is 6.67. The number of nitro groups is 1. The third-order valence-corrected chi connectivity index (χ3v) is 3.81. The zero-order valence-corrected chi connectivity index (χ0v) is 11.5. The molecule has 21 heavy (non-hydrogen) atoms. The fraction of sp³-hybridized carbons (Fsp3) is 0.429. The number of carbonyl (C=O) groups is 2. The maximum Gasteiger partial charge on any atom is 0.306 e. The highest BCUT2D eigenvalue weighted by Crippen LogP contribution is 2.32. The third kappa shape index (κ3) is 3.36. The van der Waals surface area contributed by atoms with Crippen LogP contribution in [0.4, 0.5) is 11.4 Å². The first kappa shape index (κ1) is 15.0. The highest BCUT2D eigenvalue weighted by molar-refractivity contribution is 5.93. The molecule has 0 aliphatic heterocycles. The monoisotopic (exact) mass is 292 g/mol. The molecule has 7 nitrogen and oxygen atoms in total. The summed E-state index contributed by atoms with van der Waals surface area (Å²) in [5, 5.41) is 22.3. The number of benzene rings is 1. The van der Waals surface area contributed by atoms with Crippen molar-refractivity contribution < 1.29 is 19.6 Å². The summed E-state index contributed by atoms with van der Waals surface area (Å²) in [6.07, 6.45) is 1.40. The SMILES string of the molecule is Cc1cc(NC(=O)C2CCC(C(=O)O)C2)ccc1[N+](=O)[O-]. The van der Waals surface area contributed by atoms with Gasteiger partial charge in [0, 0.05) is 23.2 Å².